The molecule has 0 fully saturated rings. The molecule has 30 heavy (non-hydrogen) atoms. The predicted molar refractivity (Wildman–Crippen MR) is 89.3 cm³/mol. The Kier molecular flexibility index (Phi) is 23.8. The summed E-state index contributed by atoms with van der Waals surface area (Å²) in [5, 5.41) is 21.7. The SMILES string of the molecule is CNCC(COP(=O)=O)COP(=O)=O.COP(=O)(O)OC[O-].COP(=O)([O-])OC[O-]. The van der Waals surface area contributed by atoms with Gasteiger partial charge < -0.3 is 38.9 Å². The summed E-state index contributed by atoms with van der Waals surface area (Å²) in [5.74, 6) is -0.319. The van der Waals surface area contributed by atoms with E-state index in [1.54, 1.807) is 7.05 Å². The average Bonchev–Trinajstić information content (AvgIpc) is 2.65. The molecule has 0 aliphatic heterocycles. The second-order valence-electron chi connectivity index (χ2n) is 4.24. The van der Waals surface area contributed by atoms with Gasteiger partial charge in [0.15, 0.2) is 0 Å². The largest absolute Gasteiger partial charge is 0.833 e. The van der Waals surface area contributed by atoms with E-state index in [0.717, 1.165) is 14.2 Å². The van der Waals surface area contributed by atoms with Crippen LogP contribution in [0.3, 0.4) is 0 Å². The molecule has 0 amide bonds. The third-order valence-electron chi connectivity index (χ3n) is 2.21. The van der Waals surface area contributed by atoms with Crippen LogP contribution in [0.1, 0.15) is 0 Å². The van der Waals surface area contributed by atoms with E-state index in [4.69, 9.17) is 4.89 Å². The van der Waals surface area contributed by atoms with Gasteiger partial charge in [0, 0.05) is 26.7 Å². The molecule has 0 heterocycles. The molecule has 17 nitrogen and oxygen atoms in total. The minimum Gasteiger partial charge on any atom is -0.833 e. The molecule has 182 valence electrons. The average molecular weight is 524 g/mol. The third kappa shape index (κ3) is 27.8. The molecule has 0 bridgehead atoms. The van der Waals surface area contributed by atoms with Crippen molar-refractivity contribution >= 4 is 31.5 Å². The fraction of sp³-hybridized carbons (Fsp3) is 1.00. The zero-order valence-corrected chi connectivity index (χ0v) is 19.6. The van der Waals surface area contributed by atoms with Crippen molar-refractivity contribution in [3.8, 4) is 0 Å². The summed E-state index contributed by atoms with van der Waals surface area (Å²) in [7, 11) is -10.5. The van der Waals surface area contributed by atoms with Gasteiger partial charge in [-0.25, -0.2) is 22.8 Å². The van der Waals surface area contributed by atoms with Gasteiger partial charge in [-0.05, 0) is 20.6 Å². The summed E-state index contributed by atoms with van der Waals surface area (Å²) in [6, 6.07) is 0. The van der Waals surface area contributed by atoms with Crippen molar-refractivity contribution in [1.29, 1.82) is 0 Å². The maximum Gasteiger partial charge on any atom is 0.470 e. The summed E-state index contributed by atoms with van der Waals surface area (Å²) in [6.45, 7) is -1.98. The molecule has 2 atom stereocenters. The van der Waals surface area contributed by atoms with Crippen molar-refractivity contribution in [1.82, 2.24) is 5.32 Å². The summed E-state index contributed by atoms with van der Waals surface area (Å²) in [6.07, 6.45) is 0. The first-order chi connectivity index (χ1) is 13.8. The molecular weight excluding hydrogens is 502 g/mol. The van der Waals surface area contributed by atoms with E-state index in [1.807, 2.05) is 0 Å². The van der Waals surface area contributed by atoms with Crippen LogP contribution >= 0.6 is 31.5 Å². The first-order valence-corrected chi connectivity index (χ1v) is 12.3. The molecule has 0 saturated heterocycles. The molecule has 0 aromatic rings. The van der Waals surface area contributed by atoms with E-state index < -0.39 is 45.0 Å². The first-order valence-electron chi connectivity index (χ1n) is 7.20. The van der Waals surface area contributed by atoms with Gasteiger partial charge in [-0.15, -0.1) is 0 Å². The molecule has 0 aliphatic rings. The Morgan fingerprint density at radius 2 is 1.37 bits per heavy atom. The fourth-order valence-electron chi connectivity index (χ4n) is 1.02. The van der Waals surface area contributed by atoms with Gasteiger partial charge >= 0.3 is 23.6 Å². The number of hydrogen-bond acceptors (Lipinski definition) is 16. The lowest BCUT2D eigenvalue weighted by Crippen LogP contribution is -2.25. The zero-order valence-electron chi connectivity index (χ0n) is 16.0. The summed E-state index contributed by atoms with van der Waals surface area (Å²) < 4.78 is 84.0. The fourth-order valence-corrected chi connectivity index (χ4v) is 2.16. The van der Waals surface area contributed by atoms with Crippen LogP contribution in [0.25, 0.3) is 0 Å². The Hall–Kier alpha value is -0.180. The highest BCUT2D eigenvalue weighted by atomic mass is 31.2. The van der Waals surface area contributed by atoms with Gasteiger partial charge in [0.2, 0.25) is 0 Å². The van der Waals surface area contributed by atoms with E-state index >= 15 is 0 Å². The van der Waals surface area contributed by atoms with E-state index in [-0.39, 0.29) is 19.1 Å². The molecule has 2 N–H and O–H groups in total. The lowest BCUT2D eigenvalue weighted by molar-refractivity contribution is -0.422. The van der Waals surface area contributed by atoms with Gasteiger partial charge in [-0.1, -0.05) is 0 Å². The van der Waals surface area contributed by atoms with E-state index in [0.29, 0.717) is 6.54 Å². The molecular formula is C9H22NO16P4-3. The lowest BCUT2D eigenvalue weighted by atomic mass is 10.2. The minimum absolute atomic E-state index is 0.0945. The van der Waals surface area contributed by atoms with Crippen LogP contribution in [0.4, 0.5) is 0 Å². The summed E-state index contributed by atoms with van der Waals surface area (Å²) in [5.41, 5.74) is 0. The second-order valence-corrected chi connectivity index (χ2v) is 8.73. The third-order valence-corrected chi connectivity index (χ3v) is 4.69. The minimum atomic E-state index is -4.24. The number of nitrogens with one attached hydrogen (secondary N) is 1. The summed E-state index contributed by atoms with van der Waals surface area (Å²) >= 11 is 0. The van der Waals surface area contributed by atoms with Crippen molar-refractivity contribution in [2.75, 3.05) is 54.6 Å². The quantitative estimate of drug-likeness (QED) is 0.194. The Morgan fingerprint density at radius 3 is 1.57 bits per heavy atom. The number of phosphoric acid groups is 2. The number of rotatable bonds is 14. The highest BCUT2D eigenvalue weighted by Crippen LogP contribution is 2.40. The van der Waals surface area contributed by atoms with Crippen molar-refractivity contribution < 1.29 is 74.5 Å². The molecule has 2 unspecified atom stereocenters. The monoisotopic (exact) mass is 524 g/mol. The Morgan fingerprint density at radius 1 is 0.933 bits per heavy atom. The van der Waals surface area contributed by atoms with E-state index in [9.17, 15) is 42.5 Å². The number of phosphoric ester groups is 2. The van der Waals surface area contributed by atoms with Crippen molar-refractivity contribution in [2.24, 2.45) is 5.92 Å². The molecule has 0 rings (SSSR count). The molecule has 0 saturated carbocycles. The molecule has 0 radical (unpaired) electrons. The van der Waals surface area contributed by atoms with Crippen LogP contribution < -0.4 is 20.4 Å². The van der Waals surface area contributed by atoms with Gasteiger partial charge in [0.1, 0.15) is 0 Å². The van der Waals surface area contributed by atoms with Crippen molar-refractivity contribution in [3.63, 3.8) is 0 Å². The molecule has 0 aromatic heterocycles. The Balaban J connectivity index is -0.000000391. The molecule has 21 heteroatoms. The van der Waals surface area contributed by atoms with Gasteiger partial charge in [0.05, 0.1) is 13.2 Å². The smallest absolute Gasteiger partial charge is 0.470 e. The molecule has 0 aromatic carbocycles. The van der Waals surface area contributed by atoms with Crippen LogP contribution in [0.5, 0.6) is 0 Å². The van der Waals surface area contributed by atoms with Crippen molar-refractivity contribution in [2.45, 2.75) is 0 Å². The lowest BCUT2D eigenvalue weighted by Gasteiger charge is -2.21. The Bertz CT molecular complexity index is 583. The topological polar surface area (TPSA) is 259 Å². The van der Waals surface area contributed by atoms with Crippen LogP contribution in [0, 0.1) is 5.92 Å². The highest BCUT2D eigenvalue weighted by molar-refractivity contribution is 7.47. The maximum absolute atomic E-state index is 10.1. The van der Waals surface area contributed by atoms with E-state index in [2.05, 4.69) is 32.5 Å². The van der Waals surface area contributed by atoms with Gasteiger partial charge in [-0.3, -0.25) is 18.1 Å². The zero-order chi connectivity index (χ0) is 24.2. The second kappa shape index (κ2) is 20.7. The first kappa shape index (κ1) is 34.4. The highest BCUT2D eigenvalue weighted by Gasteiger charge is 2.14. The van der Waals surface area contributed by atoms with Crippen LogP contribution in [0.2, 0.25) is 0 Å². The maximum atomic E-state index is 10.1. The number of hydrogen-bond donors (Lipinski definition) is 2. The van der Waals surface area contributed by atoms with Crippen molar-refractivity contribution in [3.05, 3.63) is 0 Å². The van der Waals surface area contributed by atoms with Crippen LogP contribution in [0.15, 0.2) is 0 Å². The summed E-state index contributed by atoms with van der Waals surface area (Å²) in [4.78, 5) is 18.2. The normalized spacial score (nSPS) is 14.4. The van der Waals surface area contributed by atoms with Gasteiger partial charge in [-0.2, -0.15) is 0 Å². The Labute approximate surface area is 172 Å². The van der Waals surface area contributed by atoms with Crippen LogP contribution in [-0.4, -0.2) is 59.5 Å². The standard InChI is InChI=1S/C5H11NO6P2.2C2H6O5P/c1-6-2-5(3-11-13(7)8)4-12-14(9)10;2*1-6-8(4,5)7-2-3/h5-6H,2-4H2,1H3;2*2H2,1H3,(H,4,5)/q;2*-1/p-1. The molecule has 0 aliphatic carbocycles. The van der Waals surface area contributed by atoms with Gasteiger partial charge in [0.25, 0.3) is 7.82 Å². The van der Waals surface area contributed by atoms with E-state index in [1.165, 1.54) is 0 Å². The molecule has 0 spiro atoms. The van der Waals surface area contributed by atoms with Crippen LogP contribution in [-0.2, 0) is 54.5 Å². The predicted octanol–water partition coefficient (Wildman–Crippen LogP) is -1.47.